The predicted molar refractivity (Wildman–Crippen MR) is 78.8 cm³/mol. The highest BCUT2D eigenvalue weighted by molar-refractivity contribution is 7.87. The molecule has 0 bridgehead atoms. The van der Waals surface area contributed by atoms with Crippen LogP contribution in [-0.2, 0) is 14.3 Å². The SMILES string of the molecule is Cc1c(C=COS(=O)(=O)C(F)(F)F)nc2nccc(C)c2c1C. The van der Waals surface area contributed by atoms with E-state index in [0.717, 1.165) is 22.6 Å². The van der Waals surface area contributed by atoms with Gasteiger partial charge in [0.25, 0.3) is 0 Å². The Balaban J connectivity index is 2.42. The fraction of sp³-hybridized carbons (Fsp3) is 0.286. The number of hydrogen-bond acceptors (Lipinski definition) is 5. The van der Waals surface area contributed by atoms with E-state index in [4.69, 9.17) is 0 Å². The third kappa shape index (κ3) is 3.29. The molecule has 0 aliphatic carbocycles. The molecular formula is C14H13F3N2O3S. The van der Waals surface area contributed by atoms with Gasteiger partial charge in [-0.1, -0.05) is 0 Å². The lowest BCUT2D eigenvalue weighted by molar-refractivity contribution is -0.0514. The van der Waals surface area contributed by atoms with Crippen LogP contribution in [0.15, 0.2) is 18.5 Å². The maximum atomic E-state index is 12.2. The first kappa shape index (κ1) is 17.2. The van der Waals surface area contributed by atoms with Crippen molar-refractivity contribution in [3.8, 4) is 0 Å². The van der Waals surface area contributed by atoms with Crippen LogP contribution in [-0.4, -0.2) is 23.9 Å². The molecule has 2 aromatic heterocycles. The third-order valence-electron chi connectivity index (χ3n) is 3.38. The van der Waals surface area contributed by atoms with Crippen LogP contribution in [0, 0.1) is 20.8 Å². The number of fused-ring (bicyclic) bond motifs is 1. The lowest BCUT2D eigenvalue weighted by atomic mass is 10.0. The normalized spacial score (nSPS) is 13.0. The number of hydrogen-bond donors (Lipinski definition) is 0. The van der Waals surface area contributed by atoms with Crippen molar-refractivity contribution in [3.05, 3.63) is 40.9 Å². The standard InChI is InChI=1S/C14H13F3N2O3S/c1-8-4-6-18-13-12(8)10(3)9(2)11(19-13)5-7-22-23(20,21)14(15,16)17/h4-7H,1-3H3. The lowest BCUT2D eigenvalue weighted by Crippen LogP contribution is -2.23. The zero-order valence-electron chi connectivity index (χ0n) is 12.5. The molecule has 0 fully saturated rings. The molecule has 0 aromatic carbocycles. The third-order valence-corrected chi connectivity index (χ3v) is 4.31. The molecule has 124 valence electrons. The van der Waals surface area contributed by atoms with Gasteiger partial charge < -0.3 is 4.18 Å². The number of aromatic nitrogens is 2. The fourth-order valence-corrected chi connectivity index (χ4v) is 2.36. The van der Waals surface area contributed by atoms with E-state index in [0.29, 0.717) is 17.5 Å². The Labute approximate surface area is 130 Å². The van der Waals surface area contributed by atoms with Crippen LogP contribution in [0.25, 0.3) is 17.1 Å². The molecule has 0 atom stereocenters. The van der Waals surface area contributed by atoms with E-state index in [1.165, 1.54) is 0 Å². The van der Waals surface area contributed by atoms with Crippen molar-refractivity contribution in [1.82, 2.24) is 9.97 Å². The summed E-state index contributed by atoms with van der Waals surface area (Å²) < 4.78 is 62.0. The maximum absolute atomic E-state index is 12.2. The van der Waals surface area contributed by atoms with E-state index in [-0.39, 0.29) is 5.69 Å². The molecule has 2 aromatic rings. The molecule has 0 amide bonds. The summed E-state index contributed by atoms with van der Waals surface area (Å²) in [6, 6.07) is 1.82. The van der Waals surface area contributed by atoms with E-state index < -0.39 is 15.6 Å². The van der Waals surface area contributed by atoms with Gasteiger partial charge in [-0.05, 0) is 43.5 Å². The maximum Gasteiger partial charge on any atom is 0.534 e. The second-order valence-corrected chi connectivity index (χ2v) is 6.44. The van der Waals surface area contributed by atoms with Crippen molar-refractivity contribution in [2.75, 3.05) is 0 Å². The molecule has 23 heavy (non-hydrogen) atoms. The molecule has 0 spiro atoms. The minimum Gasteiger partial charge on any atom is -0.384 e. The Kier molecular flexibility index (Phi) is 4.34. The van der Waals surface area contributed by atoms with Crippen molar-refractivity contribution in [3.63, 3.8) is 0 Å². The van der Waals surface area contributed by atoms with E-state index in [9.17, 15) is 21.6 Å². The van der Waals surface area contributed by atoms with Crippen LogP contribution in [0.2, 0.25) is 0 Å². The Hall–Kier alpha value is -2.16. The van der Waals surface area contributed by atoms with Gasteiger partial charge in [0.15, 0.2) is 5.65 Å². The van der Waals surface area contributed by atoms with Crippen molar-refractivity contribution in [2.45, 2.75) is 26.3 Å². The number of alkyl halides is 3. The first-order valence-electron chi connectivity index (χ1n) is 6.43. The van der Waals surface area contributed by atoms with E-state index in [1.54, 1.807) is 13.1 Å². The number of halogens is 3. The van der Waals surface area contributed by atoms with Gasteiger partial charge in [-0.15, -0.1) is 0 Å². The van der Waals surface area contributed by atoms with Gasteiger partial charge in [0.2, 0.25) is 0 Å². The summed E-state index contributed by atoms with van der Waals surface area (Å²) in [6.45, 7) is 5.46. The van der Waals surface area contributed by atoms with Crippen molar-refractivity contribution in [2.24, 2.45) is 0 Å². The lowest BCUT2D eigenvalue weighted by Gasteiger charge is -2.10. The van der Waals surface area contributed by atoms with Gasteiger partial charge in [0, 0.05) is 17.7 Å². The number of aryl methyl sites for hydroxylation is 2. The highest BCUT2D eigenvalue weighted by atomic mass is 32.2. The summed E-state index contributed by atoms with van der Waals surface area (Å²) in [5, 5.41) is 0.853. The Bertz CT molecular complexity index is 890. The first-order valence-corrected chi connectivity index (χ1v) is 7.84. The van der Waals surface area contributed by atoms with E-state index in [2.05, 4.69) is 14.2 Å². The molecule has 0 saturated carbocycles. The van der Waals surface area contributed by atoms with Crippen LogP contribution in [0.4, 0.5) is 13.2 Å². The Morgan fingerprint density at radius 2 is 1.83 bits per heavy atom. The van der Waals surface area contributed by atoms with E-state index in [1.807, 2.05) is 19.9 Å². The summed E-state index contributed by atoms with van der Waals surface area (Å²) in [4.78, 5) is 8.34. The summed E-state index contributed by atoms with van der Waals surface area (Å²) >= 11 is 0. The molecule has 2 heterocycles. The highest BCUT2D eigenvalue weighted by Crippen LogP contribution is 2.26. The first-order chi connectivity index (χ1) is 10.5. The Morgan fingerprint density at radius 1 is 1.17 bits per heavy atom. The molecule has 2 rings (SSSR count). The van der Waals surface area contributed by atoms with Crippen LogP contribution in [0.1, 0.15) is 22.4 Å². The average Bonchev–Trinajstić information content (AvgIpc) is 2.42. The van der Waals surface area contributed by atoms with Gasteiger partial charge in [-0.25, -0.2) is 9.97 Å². The van der Waals surface area contributed by atoms with Crippen molar-refractivity contribution in [1.29, 1.82) is 0 Å². The van der Waals surface area contributed by atoms with Gasteiger partial charge >= 0.3 is 15.6 Å². The molecule has 0 radical (unpaired) electrons. The van der Waals surface area contributed by atoms with Crippen LogP contribution in [0.5, 0.6) is 0 Å². The molecular weight excluding hydrogens is 333 g/mol. The summed E-state index contributed by atoms with van der Waals surface area (Å²) in [5.41, 5.74) is -2.25. The largest absolute Gasteiger partial charge is 0.534 e. The van der Waals surface area contributed by atoms with Crippen LogP contribution < -0.4 is 0 Å². The quantitative estimate of drug-likeness (QED) is 0.484. The second kappa shape index (κ2) is 5.80. The minimum atomic E-state index is -5.67. The number of rotatable bonds is 3. The molecule has 0 saturated heterocycles. The molecule has 0 N–H and O–H groups in total. The summed E-state index contributed by atoms with van der Waals surface area (Å²) in [6.07, 6.45) is 3.09. The molecule has 5 nitrogen and oxygen atoms in total. The zero-order valence-corrected chi connectivity index (χ0v) is 13.3. The summed E-state index contributed by atoms with van der Waals surface area (Å²) in [7, 11) is -5.67. The molecule has 0 unspecified atom stereocenters. The predicted octanol–water partition coefficient (Wildman–Crippen LogP) is 3.39. The van der Waals surface area contributed by atoms with Gasteiger partial charge in [-0.3, -0.25) is 0 Å². The number of nitrogens with zero attached hydrogens (tertiary/aromatic N) is 2. The smallest absolute Gasteiger partial charge is 0.384 e. The van der Waals surface area contributed by atoms with Crippen LogP contribution in [0.3, 0.4) is 0 Å². The molecule has 0 aliphatic heterocycles. The molecule has 9 heteroatoms. The highest BCUT2D eigenvalue weighted by Gasteiger charge is 2.47. The zero-order chi connectivity index (χ0) is 17.4. The summed E-state index contributed by atoms with van der Waals surface area (Å²) in [5.74, 6) is 0. The topological polar surface area (TPSA) is 69.2 Å². The van der Waals surface area contributed by atoms with Crippen molar-refractivity contribution < 1.29 is 25.8 Å². The Morgan fingerprint density at radius 3 is 2.43 bits per heavy atom. The van der Waals surface area contributed by atoms with E-state index >= 15 is 0 Å². The molecule has 0 aliphatic rings. The monoisotopic (exact) mass is 346 g/mol. The van der Waals surface area contributed by atoms with Gasteiger partial charge in [-0.2, -0.15) is 21.6 Å². The van der Waals surface area contributed by atoms with Crippen LogP contribution >= 0.6 is 0 Å². The fourth-order valence-electron chi connectivity index (χ4n) is 2.05. The second-order valence-electron chi connectivity index (χ2n) is 4.87. The average molecular weight is 346 g/mol. The minimum absolute atomic E-state index is 0.283. The van der Waals surface area contributed by atoms with Gasteiger partial charge in [0.1, 0.15) is 6.26 Å². The van der Waals surface area contributed by atoms with Gasteiger partial charge in [0.05, 0.1) is 5.69 Å². The number of pyridine rings is 2. The van der Waals surface area contributed by atoms with Crippen molar-refractivity contribution >= 4 is 27.2 Å².